The molecule has 2 aliphatic rings. The Morgan fingerprint density at radius 3 is 2.68 bits per heavy atom. The Labute approximate surface area is 192 Å². The van der Waals surface area contributed by atoms with Gasteiger partial charge in [0.15, 0.2) is 0 Å². The topological polar surface area (TPSA) is 61.7 Å². The Morgan fingerprint density at radius 2 is 1.97 bits per heavy atom. The molecule has 8 heteroatoms. The average Bonchev–Trinajstić information content (AvgIpc) is 3.39. The molecule has 0 N–H and O–H groups in total. The SMILES string of the molecule is CC(C)c1nccn1CCN1CCN(C(=O)C2CC(=O)N(c3cccc(Br)c3)C2)CC1. The Morgan fingerprint density at radius 1 is 1.19 bits per heavy atom. The van der Waals surface area contributed by atoms with Gasteiger partial charge in [-0.25, -0.2) is 4.98 Å². The molecule has 2 aromatic rings. The van der Waals surface area contributed by atoms with Crippen molar-refractivity contribution in [2.45, 2.75) is 32.7 Å². The molecule has 2 fully saturated rings. The minimum absolute atomic E-state index is 0.0244. The summed E-state index contributed by atoms with van der Waals surface area (Å²) < 4.78 is 3.16. The van der Waals surface area contributed by atoms with E-state index in [4.69, 9.17) is 0 Å². The number of anilines is 1. The van der Waals surface area contributed by atoms with Crippen molar-refractivity contribution in [3.63, 3.8) is 0 Å². The van der Waals surface area contributed by atoms with E-state index in [0.717, 1.165) is 55.3 Å². The molecule has 1 aromatic carbocycles. The van der Waals surface area contributed by atoms with Crippen LogP contribution in [0.3, 0.4) is 0 Å². The summed E-state index contributed by atoms with van der Waals surface area (Å²) in [6.45, 7) is 9.84. The van der Waals surface area contributed by atoms with Gasteiger partial charge in [-0.1, -0.05) is 35.8 Å². The van der Waals surface area contributed by atoms with Gasteiger partial charge in [0.2, 0.25) is 11.8 Å². The summed E-state index contributed by atoms with van der Waals surface area (Å²) in [5, 5.41) is 0. The van der Waals surface area contributed by atoms with Crippen molar-refractivity contribution in [2.75, 3.05) is 44.2 Å². The highest BCUT2D eigenvalue weighted by Crippen LogP contribution is 2.28. The summed E-state index contributed by atoms with van der Waals surface area (Å²) in [6, 6.07) is 7.69. The van der Waals surface area contributed by atoms with Crippen LogP contribution < -0.4 is 4.90 Å². The van der Waals surface area contributed by atoms with Crippen molar-refractivity contribution in [3.8, 4) is 0 Å². The van der Waals surface area contributed by atoms with Crippen molar-refractivity contribution in [2.24, 2.45) is 5.92 Å². The Hall–Kier alpha value is -2.19. The van der Waals surface area contributed by atoms with Gasteiger partial charge in [-0.2, -0.15) is 0 Å². The summed E-state index contributed by atoms with van der Waals surface area (Å²) in [5.74, 6) is 1.42. The summed E-state index contributed by atoms with van der Waals surface area (Å²) in [7, 11) is 0. The molecule has 31 heavy (non-hydrogen) atoms. The van der Waals surface area contributed by atoms with E-state index in [0.29, 0.717) is 18.9 Å². The highest BCUT2D eigenvalue weighted by molar-refractivity contribution is 9.10. The predicted molar refractivity (Wildman–Crippen MR) is 124 cm³/mol. The lowest BCUT2D eigenvalue weighted by atomic mass is 10.1. The number of nitrogens with zero attached hydrogens (tertiary/aromatic N) is 5. The van der Waals surface area contributed by atoms with E-state index in [1.54, 1.807) is 4.90 Å². The van der Waals surface area contributed by atoms with Gasteiger partial charge in [-0.05, 0) is 18.2 Å². The van der Waals surface area contributed by atoms with E-state index >= 15 is 0 Å². The quantitative estimate of drug-likeness (QED) is 0.628. The molecule has 0 bridgehead atoms. The summed E-state index contributed by atoms with van der Waals surface area (Å²) in [4.78, 5) is 36.1. The van der Waals surface area contributed by atoms with Crippen LogP contribution in [-0.4, -0.2) is 70.4 Å². The number of aromatic nitrogens is 2. The molecule has 166 valence electrons. The second kappa shape index (κ2) is 9.53. The first-order chi connectivity index (χ1) is 14.9. The second-order valence-corrected chi connectivity index (χ2v) is 9.60. The number of halogens is 1. The van der Waals surface area contributed by atoms with Crippen LogP contribution in [-0.2, 0) is 16.1 Å². The molecular formula is C23H30BrN5O2. The molecule has 1 unspecified atom stereocenters. The molecule has 0 aliphatic carbocycles. The van der Waals surface area contributed by atoms with Crippen LogP contribution in [0.1, 0.15) is 32.0 Å². The first kappa shape index (κ1) is 22.0. The molecule has 3 heterocycles. The van der Waals surface area contributed by atoms with Crippen molar-refractivity contribution < 1.29 is 9.59 Å². The molecule has 0 spiro atoms. The molecule has 0 saturated carbocycles. The van der Waals surface area contributed by atoms with Crippen molar-refractivity contribution in [1.82, 2.24) is 19.4 Å². The number of amides is 2. The van der Waals surface area contributed by atoms with Gasteiger partial charge in [0, 0.05) is 80.7 Å². The van der Waals surface area contributed by atoms with Gasteiger partial charge < -0.3 is 14.4 Å². The van der Waals surface area contributed by atoms with Crippen LogP contribution >= 0.6 is 15.9 Å². The van der Waals surface area contributed by atoms with Gasteiger partial charge in [0.25, 0.3) is 0 Å². The van der Waals surface area contributed by atoms with Crippen LogP contribution in [0, 0.1) is 5.92 Å². The Bertz CT molecular complexity index is 936. The molecular weight excluding hydrogens is 458 g/mol. The fraction of sp³-hybridized carbons (Fsp3) is 0.522. The molecule has 2 aliphatic heterocycles. The van der Waals surface area contributed by atoms with Crippen molar-refractivity contribution in [3.05, 3.63) is 47.0 Å². The van der Waals surface area contributed by atoms with E-state index in [-0.39, 0.29) is 17.7 Å². The Balaban J connectivity index is 1.27. The molecule has 1 atom stereocenters. The zero-order chi connectivity index (χ0) is 22.0. The normalized spacial score (nSPS) is 20.1. The lowest BCUT2D eigenvalue weighted by Crippen LogP contribution is -2.51. The van der Waals surface area contributed by atoms with Crippen molar-refractivity contribution in [1.29, 1.82) is 0 Å². The van der Waals surface area contributed by atoms with Gasteiger partial charge >= 0.3 is 0 Å². The van der Waals surface area contributed by atoms with Gasteiger partial charge in [-0.15, -0.1) is 0 Å². The van der Waals surface area contributed by atoms with Crippen LogP contribution in [0.4, 0.5) is 5.69 Å². The monoisotopic (exact) mass is 487 g/mol. The summed E-state index contributed by atoms with van der Waals surface area (Å²) >= 11 is 3.45. The fourth-order valence-electron chi connectivity index (χ4n) is 4.48. The third-order valence-electron chi connectivity index (χ3n) is 6.20. The molecule has 2 amide bonds. The summed E-state index contributed by atoms with van der Waals surface area (Å²) in [5.41, 5.74) is 0.847. The van der Waals surface area contributed by atoms with E-state index in [9.17, 15) is 9.59 Å². The van der Waals surface area contributed by atoms with Crippen LogP contribution in [0.25, 0.3) is 0 Å². The van der Waals surface area contributed by atoms with Gasteiger partial charge in [0.1, 0.15) is 5.82 Å². The number of carbonyl (C=O) groups is 2. The maximum Gasteiger partial charge on any atom is 0.228 e. The predicted octanol–water partition coefficient (Wildman–Crippen LogP) is 2.97. The van der Waals surface area contributed by atoms with Gasteiger partial charge in [-0.3, -0.25) is 14.5 Å². The van der Waals surface area contributed by atoms with Crippen LogP contribution in [0.15, 0.2) is 41.1 Å². The lowest BCUT2D eigenvalue weighted by Gasteiger charge is -2.36. The number of piperazine rings is 1. The van der Waals surface area contributed by atoms with Crippen molar-refractivity contribution >= 4 is 33.4 Å². The third kappa shape index (κ3) is 5.01. The molecule has 7 nitrogen and oxygen atoms in total. The Kier molecular flexibility index (Phi) is 6.77. The smallest absolute Gasteiger partial charge is 0.228 e. The first-order valence-corrected chi connectivity index (χ1v) is 11.8. The number of benzene rings is 1. The fourth-order valence-corrected chi connectivity index (χ4v) is 4.86. The van der Waals surface area contributed by atoms with Crippen LogP contribution in [0.5, 0.6) is 0 Å². The maximum absolute atomic E-state index is 13.1. The standard InChI is InChI=1S/C23H30BrN5O2/c1-17(2)22-25-6-7-27(22)11-8-26-9-12-28(13-10-26)23(31)18-14-21(30)29(16-18)20-5-3-4-19(24)15-20/h3-7,15,17-18H,8-14,16H2,1-2H3. The third-order valence-corrected chi connectivity index (χ3v) is 6.69. The minimum atomic E-state index is -0.252. The largest absolute Gasteiger partial charge is 0.340 e. The number of hydrogen-bond donors (Lipinski definition) is 0. The molecule has 4 rings (SSSR count). The zero-order valence-electron chi connectivity index (χ0n) is 18.2. The number of carbonyl (C=O) groups excluding carboxylic acids is 2. The second-order valence-electron chi connectivity index (χ2n) is 8.69. The maximum atomic E-state index is 13.1. The van der Waals surface area contributed by atoms with E-state index in [2.05, 4.69) is 44.2 Å². The minimum Gasteiger partial charge on any atom is -0.340 e. The van der Waals surface area contributed by atoms with Crippen LogP contribution in [0.2, 0.25) is 0 Å². The van der Waals surface area contributed by atoms with E-state index in [1.807, 2.05) is 41.6 Å². The zero-order valence-corrected chi connectivity index (χ0v) is 19.8. The number of hydrogen-bond acceptors (Lipinski definition) is 4. The van der Waals surface area contributed by atoms with Gasteiger partial charge in [0.05, 0.1) is 5.92 Å². The first-order valence-electron chi connectivity index (χ1n) is 11.0. The molecule has 0 radical (unpaired) electrons. The highest BCUT2D eigenvalue weighted by Gasteiger charge is 2.38. The average molecular weight is 488 g/mol. The number of imidazole rings is 1. The van der Waals surface area contributed by atoms with E-state index in [1.165, 1.54) is 0 Å². The molecule has 1 aromatic heterocycles. The van der Waals surface area contributed by atoms with E-state index < -0.39 is 0 Å². The highest BCUT2D eigenvalue weighted by atomic mass is 79.9. The molecule has 2 saturated heterocycles. The number of rotatable bonds is 6. The summed E-state index contributed by atoms with van der Waals surface area (Å²) in [6.07, 6.45) is 4.21. The lowest BCUT2D eigenvalue weighted by molar-refractivity contribution is -0.137.